The fraction of sp³-hybridized carbons (Fsp3) is 0.292. The number of nitrogens with two attached hydrogens (primary N) is 1. The third-order valence-corrected chi connectivity index (χ3v) is 8.28. The van der Waals surface area contributed by atoms with Crippen molar-refractivity contribution in [1.29, 1.82) is 0 Å². The fourth-order valence-corrected chi connectivity index (χ4v) is 6.05. The number of hydrogen-bond acceptors (Lipinski definition) is 10. The lowest BCUT2D eigenvalue weighted by atomic mass is 10.0. The number of carboxylic acid groups (broad SMARTS) is 2. The number of nitrogen functional groups attached to an aromatic ring is 1. The van der Waals surface area contributed by atoms with Crippen LogP contribution in [0, 0.1) is 0 Å². The molecule has 1 fully saturated rings. The molecule has 208 valence electrons. The fourth-order valence-electron chi connectivity index (χ4n) is 4.17. The van der Waals surface area contributed by atoms with Gasteiger partial charge in [0.2, 0.25) is 11.9 Å². The Hall–Kier alpha value is -4.44. The third-order valence-electron chi connectivity index (χ3n) is 6.26. The molecule has 0 aromatic carbocycles. The number of amides is 2. The third kappa shape index (κ3) is 4.98. The minimum Gasteiger partial charge on any atom is -0.478 e. The molecule has 0 spiro atoms. The SMILES string of the molecule is CC(C)(O/N=C(\C(=O)N[C@@H]1C(=O)N2C(C(=O)O)=C(C[n+]3cc4ccccn4c3)CS[C@H]12)c1csc(N)n1)C(=O)O. The second-order valence-corrected chi connectivity index (χ2v) is 11.5. The highest BCUT2D eigenvalue weighted by Gasteiger charge is 2.54. The average molecular weight is 587 g/mol. The minimum atomic E-state index is -1.75. The van der Waals surface area contributed by atoms with Gasteiger partial charge in [-0.2, -0.15) is 0 Å². The summed E-state index contributed by atoms with van der Waals surface area (Å²) < 4.78 is 3.75. The molecule has 14 nitrogen and oxygen atoms in total. The maximum Gasteiger partial charge on any atom is 0.352 e. The number of carbonyl (C=O) groups is 4. The maximum absolute atomic E-state index is 13.2. The van der Waals surface area contributed by atoms with Crippen LogP contribution in [0.15, 0.2) is 58.7 Å². The molecule has 2 aliphatic heterocycles. The zero-order chi connectivity index (χ0) is 28.8. The molecule has 2 aliphatic rings. The second-order valence-electron chi connectivity index (χ2n) is 9.49. The smallest absolute Gasteiger partial charge is 0.352 e. The first kappa shape index (κ1) is 27.1. The van der Waals surface area contributed by atoms with E-state index in [2.05, 4.69) is 15.5 Å². The van der Waals surface area contributed by atoms with E-state index >= 15 is 0 Å². The number of imidazole rings is 1. The number of aliphatic carboxylic acids is 2. The summed E-state index contributed by atoms with van der Waals surface area (Å²) in [5, 5.41) is 26.5. The van der Waals surface area contributed by atoms with Gasteiger partial charge in [0.1, 0.15) is 35.5 Å². The number of pyridine rings is 1. The Balaban J connectivity index is 1.36. The number of carboxylic acids is 2. The Morgan fingerprint density at radius 2 is 2.10 bits per heavy atom. The lowest BCUT2D eigenvalue weighted by Gasteiger charge is -2.49. The van der Waals surface area contributed by atoms with E-state index in [1.54, 1.807) is 0 Å². The van der Waals surface area contributed by atoms with Crippen LogP contribution in [0.3, 0.4) is 0 Å². The molecular formula is C24H24N7O7S2+. The highest BCUT2D eigenvalue weighted by molar-refractivity contribution is 8.00. The van der Waals surface area contributed by atoms with Crippen molar-refractivity contribution >= 4 is 63.2 Å². The maximum atomic E-state index is 13.2. The van der Waals surface area contributed by atoms with Gasteiger partial charge in [-0.05, 0) is 26.0 Å². The number of nitrogens with one attached hydrogen (secondary N) is 1. The second kappa shape index (κ2) is 10.3. The van der Waals surface area contributed by atoms with Crippen LogP contribution in [-0.2, 0) is 30.6 Å². The van der Waals surface area contributed by atoms with Gasteiger partial charge in [0, 0.05) is 16.7 Å². The molecule has 3 aromatic rings. The predicted octanol–water partition coefficient (Wildman–Crippen LogP) is 0.288. The average Bonchev–Trinajstić information content (AvgIpc) is 3.52. The van der Waals surface area contributed by atoms with Crippen molar-refractivity contribution in [2.45, 2.75) is 37.4 Å². The van der Waals surface area contributed by atoms with Gasteiger partial charge in [-0.25, -0.2) is 23.5 Å². The zero-order valence-corrected chi connectivity index (χ0v) is 22.8. The predicted molar refractivity (Wildman–Crippen MR) is 143 cm³/mol. The van der Waals surface area contributed by atoms with E-state index in [1.165, 1.54) is 35.9 Å². The molecule has 1 saturated heterocycles. The largest absolute Gasteiger partial charge is 0.478 e. The van der Waals surface area contributed by atoms with E-state index in [9.17, 15) is 29.4 Å². The van der Waals surface area contributed by atoms with Crippen molar-refractivity contribution in [2.24, 2.45) is 5.16 Å². The van der Waals surface area contributed by atoms with Crippen LogP contribution in [0.1, 0.15) is 19.5 Å². The monoisotopic (exact) mass is 586 g/mol. The molecule has 16 heteroatoms. The molecule has 5 heterocycles. The summed E-state index contributed by atoms with van der Waals surface area (Å²) in [6.07, 6.45) is 5.59. The van der Waals surface area contributed by atoms with Crippen molar-refractivity contribution in [2.75, 3.05) is 11.5 Å². The zero-order valence-electron chi connectivity index (χ0n) is 21.2. The van der Waals surface area contributed by atoms with E-state index in [0.717, 1.165) is 16.9 Å². The van der Waals surface area contributed by atoms with Crippen molar-refractivity contribution in [3.05, 3.63) is 59.3 Å². The van der Waals surface area contributed by atoms with Crippen LogP contribution in [-0.4, -0.2) is 76.7 Å². The van der Waals surface area contributed by atoms with E-state index in [4.69, 9.17) is 10.6 Å². The summed E-state index contributed by atoms with van der Waals surface area (Å²) >= 11 is 2.35. The van der Waals surface area contributed by atoms with Crippen LogP contribution < -0.4 is 15.6 Å². The van der Waals surface area contributed by atoms with Crippen LogP contribution >= 0.6 is 23.1 Å². The molecule has 0 radical (unpaired) electrons. The standard InChI is InChI=1S/C24H23N7O7S2/c1-24(2,22(36)37)38-28-15(14-10-40-23(25)26-14)18(32)27-16-19(33)31-17(21(34)35)12(9-39-20(16)31)7-29-8-13-5-3-4-6-30(13)11-29/h3-6,8,10-11,16,20H,7,9H2,1-2H3,(H4-,25,26,27,32,34,35,36,37)/p+1/b28-15-/t16-,20-/m1/s1. The first-order valence-electron chi connectivity index (χ1n) is 11.8. The van der Waals surface area contributed by atoms with E-state index in [-0.39, 0.29) is 28.8 Å². The highest BCUT2D eigenvalue weighted by Crippen LogP contribution is 2.40. The molecule has 5 rings (SSSR count). The summed E-state index contributed by atoms with van der Waals surface area (Å²) in [4.78, 5) is 60.3. The Morgan fingerprint density at radius 1 is 1.32 bits per heavy atom. The van der Waals surface area contributed by atoms with Gasteiger partial charge in [-0.3, -0.25) is 14.5 Å². The Labute approximate surface area is 234 Å². The van der Waals surface area contributed by atoms with Crippen LogP contribution in [0.4, 0.5) is 5.13 Å². The normalized spacial score (nSPS) is 19.3. The number of aromatic nitrogens is 3. The minimum absolute atomic E-state index is 0.0338. The van der Waals surface area contributed by atoms with Gasteiger partial charge in [-0.15, -0.1) is 23.1 Å². The molecule has 0 saturated carbocycles. The van der Waals surface area contributed by atoms with Crippen LogP contribution in [0.2, 0.25) is 0 Å². The number of anilines is 1. The molecule has 0 bridgehead atoms. The Kier molecular flexibility index (Phi) is 6.97. The molecular weight excluding hydrogens is 562 g/mol. The molecule has 0 aliphatic carbocycles. The van der Waals surface area contributed by atoms with E-state index in [0.29, 0.717) is 11.3 Å². The molecule has 3 aromatic heterocycles. The van der Waals surface area contributed by atoms with Crippen molar-refractivity contribution in [1.82, 2.24) is 19.6 Å². The topological polar surface area (TPSA) is 193 Å². The van der Waals surface area contributed by atoms with Crippen LogP contribution in [0.5, 0.6) is 0 Å². The first-order chi connectivity index (χ1) is 19.0. The number of oxime groups is 1. The number of hydrogen-bond donors (Lipinski definition) is 4. The number of carbonyl (C=O) groups excluding carboxylic acids is 2. The van der Waals surface area contributed by atoms with Crippen molar-refractivity contribution in [3.63, 3.8) is 0 Å². The van der Waals surface area contributed by atoms with Gasteiger partial charge < -0.3 is 26.1 Å². The molecule has 5 N–H and O–H groups in total. The summed E-state index contributed by atoms with van der Waals surface area (Å²) in [5.74, 6) is -3.69. The van der Waals surface area contributed by atoms with Gasteiger partial charge >= 0.3 is 11.9 Å². The number of thioether (sulfide) groups is 1. The van der Waals surface area contributed by atoms with Gasteiger partial charge in [-0.1, -0.05) is 11.2 Å². The lowest BCUT2D eigenvalue weighted by molar-refractivity contribution is -0.687. The van der Waals surface area contributed by atoms with Crippen LogP contribution in [0.25, 0.3) is 5.52 Å². The first-order valence-corrected chi connectivity index (χ1v) is 13.8. The highest BCUT2D eigenvalue weighted by atomic mass is 32.2. The van der Waals surface area contributed by atoms with Gasteiger partial charge in [0.15, 0.2) is 16.4 Å². The number of nitrogens with zero attached hydrogens (tertiary/aromatic N) is 5. The van der Waals surface area contributed by atoms with Crippen molar-refractivity contribution < 1.29 is 38.8 Å². The quantitative estimate of drug-likeness (QED) is 0.117. The van der Waals surface area contributed by atoms with Crippen molar-refractivity contribution in [3.8, 4) is 0 Å². The molecule has 2 atom stereocenters. The Morgan fingerprint density at radius 3 is 2.75 bits per heavy atom. The van der Waals surface area contributed by atoms with E-state index in [1.807, 2.05) is 45.9 Å². The number of β-lactam (4-membered cyclic amide) rings is 1. The van der Waals surface area contributed by atoms with Gasteiger partial charge in [0.25, 0.3) is 11.8 Å². The number of rotatable bonds is 9. The molecule has 2 amide bonds. The summed E-state index contributed by atoms with van der Waals surface area (Å²) in [6, 6.07) is 4.65. The molecule has 40 heavy (non-hydrogen) atoms. The summed E-state index contributed by atoms with van der Waals surface area (Å²) in [6.45, 7) is 2.77. The number of fused-ring (bicyclic) bond motifs is 2. The summed E-state index contributed by atoms with van der Waals surface area (Å²) in [7, 11) is 0. The summed E-state index contributed by atoms with van der Waals surface area (Å²) in [5.41, 5.74) is 4.96. The van der Waals surface area contributed by atoms with Gasteiger partial charge in [0.05, 0.1) is 6.20 Å². The lowest BCUT2D eigenvalue weighted by Crippen LogP contribution is -2.71. The Bertz CT molecular complexity index is 1580. The number of thiazole rings is 1. The molecule has 0 unspecified atom stereocenters. The van der Waals surface area contributed by atoms with E-state index < -0.39 is 40.8 Å².